The first-order valence-electron chi connectivity index (χ1n) is 9.35. The number of amides is 2. The Kier molecular flexibility index (Phi) is 7.01. The maximum Gasteiger partial charge on any atom is 0.313 e. The fourth-order valence-electron chi connectivity index (χ4n) is 2.67. The molecule has 0 saturated heterocycles. The monoisotopic (exact) mass is 439 g/mol. The predicted octanol–water partition coefficient (Wildman–Crippen LogP) is 2.42. The third kappa shape index (κ3) is 6.66. The van der Waals surface area contributed by atoms with Crippen molar-refractivity contribution in [2.24, 2.45) is 5.14 Å². The lowest BCUT2D eigenvalue weighted by atomic mass is 10.1. The summed E-state index contributed by atoms with van der Waals surface area (Å²) in [4.78, 5) is 24.1. The standard InChI is InChI=1S/C22H21N3O5S/c23-31(28,29)20-12-6-16(7-13-20)14-15-24-21(26)22(27)25-17-8-10-19(11-9-17)30-18-4-2-1-3-5-18/h1-13H,14-15H2,(H,24,26)(H,25,27)(H2,23,28,29). The topological polar surface area (TPSA) is 128 Å². The number of anilines is 1. The molecule has 31 heavy (non-hydrogen) atoms. The number of para-hydroxylation sites is 1. The molecule has 0 aromatic heterocycles. The molecule has 0 aliphatic rings. The van der Waals surface area contributed by atoms with Gasteiger partial charge in [0.2, 0.25) is 10.0 Å². The summed E-state index contributed by atoms with van der Waals surface area (Å²) in [5.41, 5.74) is 1.25. The summed E-state index contributed by atoms with van der Waals surface area (Å²) < 4.78 is 28.2. The fourth-order valence-corrected chi connectivity index (χ4v) is 3.18. The van der Waals surface area contributed by atoms with E-state index in [9.17, 15) is 18.0 Å². The van der Waals surface area contributed by atoms with E-state index in [1.165, 1.54) is 12.1 Å². The quantitative estimate of drug-likeness (QED) is 0.487. The molecule has 3 aromatic carbocycles. The Bertz CT molecular complexity index is 1150. The van der Waals surface area contributed by atoms with Gasteiger partial charge in [-0.25, -0.2) is 13.6 Å². The lowest BCUT2D eigenvalue weighted by Crippen LogP contribution is -2.36. The summed E-state index contributed by atoms with van der Waals surface area (Å²) in [6.45, 7) is 0.213. The zero-order valence-corrected chi connectivity index (χ0v) is 17.3. The van der Waals surface area contributed by atoms with E-state index in [0.717, 1.165) is 5.56 Å². The van der Waals surface area contributed by atoms with Gasteiger partial charge in [0.15, 0.2) is 0 Å². The van der Waals surface area contributed by atoms with Crippen LogP contribution in [-0.2, 0) is 26.0 Å². The lowest BCUT2D eigenvalue weighted by Gasteiger charge is -2.09. The highest BCUT2D eigenvalue weighted by Gasteiger charge is 2.13. The van der Waals surface area contributed by atoms with Crippen LogP contribution in [0.3, 0.4) is 0 Å². The van der Waals surface area contributed by atoms with Crippen LogP contribution < -0.4 is 20.5 Å². The second kappa shape index (κ2) is 9.88. The van der Waals surface area contributed by atoms with Crippen LogP contribution in [0.4, 0.5) is 5.69 Å². The zero-order chi connectivity index (χ0) is 22.3. The zero-order valence-electron chi connectivity index (χ0n) is 16.4. The number of sulfonamides is 1. The van der Waals surface area contributed by atoms with E-state index in [-0.39, 0.29) is 11.4 Å². The second-order valence-corrected chi connectivity index (χ2v) is 8.15. The molecular formula is C22H21N3O5S. The number of benzene rings is 3. The van der Waals surface area contributed by atoms with Gasteiger partial charge in [-0.3, -0.25) is 9.59 Å². The molecule has 0 radical (unpaired) electrons. The molecule has 0 heterocycles. The highest BCUT2D eigenvalue weighted by molar-refractivity contribution is 7.89. The number of carbonyl (C=O) groups excluding carboxylic acids is 2. The Morgan fingerprint density at radius 1 is 0.806 bits per heavy atom. The Balaban J connectivity index is 1.45. The van der Waals surface area contributed by atoms with Crippen LogP contribution in [0.25, 0.3) is 0 Å². The molecule has 0 saturated carbocycles. The predicted molar refractivity (Wildman–Crippen MR) is 116 cm³/mol. The molecule has 3 rings (SSSR count). The molecule has 0 spiro atoms. The van der Waals surface area contributed by atoms with Crippen LogP contribution in [0.1, 0.15) is 5.56 Å². The lowest BCUT2D eigenvalue weighted by molar-refractivity contribution is -0.136. The maximum atomic E-state index is 12.1. The van der Waals surface area contributed by atoms with Crippen LogP contribution in [0.5, 0.6) is 11.5 Å². The Labute approximate surface area is 180 Å². The first-order valence-corrected chi connectivity index (χ1v) is 10.9. The minimum atomic E-state index is -3.74. The van der Waals surface area contributed by atoms with Gasteiger partial charge in [0.05, 0.1) is 4.90 Å². The van der Waals surface area contributed by atoms with Crippen LogP contribution in [-0.4, -0.2) is 26.8 Å². The van der Waals surface area contributed by atoms with E-state index in [1.54, 1.807) is 36.4 Å². The molecule has 2 amide bonds. The van der Waals surface area contributed by atoms with Gasteiger partial charge >= 0.3 is 11.8 Å². The van der Waals surface area contributed by atoms with Crippen LogP contribution in [0.2, 0.25) is 0 Å². The second-order valence-electron chi connectivity index (χ2n) is 6.59. The van der Waals surface area contributed by atoms with Gasteiger partial charge < -0.3 is 15.4 Å². The Hall–Kier alpha value is -3.69. The Morgan fingerprint density at radius 2 is 1.42 bits per heavy atom. The summed E-state index contributed by atoms with van der Waals surface area (Å²) in [7, 11) is -3.74. The molecule has 4 N–H and O–H groups in total. The molecule has 3 aromatic rings. The average Bonchev–Trinajstić information content (AvgIpc) is 2.75. The van der Waals surface area contributed by atoms with Crippen LogP contribution in [0, 0.1) is 0 Å². The number of hydrogen-bond donors (Lipinski definition) is 3. The highest BCUT2D eigenvalue weighted by atomic mass is 32.2. The SMILES string of the molecule is NS(=O)(=O)c1ccc(CCNC(=O)C(=O)Nc2ccc(Oc3ccccc3)cc2)cc1. The van der Waals surface area contributed by atoms with Crippen molar-refractivity contribution in [2.45, 2.75) is 11.3 Å². The van der Waals surface area contributed by atoms with Crippen molar-refractivity contribution in [3.63, 3.8) is 0 Å². The fraction of sp³-hybridized carbons (Fsp3) is 0.0909. The first-order chi connectivity index (χ1) is 14.8. The normalized spacial score (nSPS) is 10.9. The summed E-state index contributed by atoms with van der Waals surface area (Å²) in [5.74, 6) is -0.271. The smallest absolute Gasteiger partial charge is 0.313 e. The molecule has 0 bridgehead atoms. The van der Waals surface area contributed by atoms with Crippen molar-refractivity contribution in [3.8, 4) is 11.5 Å². The van der Waals surface area contributed by atoms with Crippen molar-refractivity contribution in [1.82, 2.24) is 5.32 Å². The van der Waals surface area contributed by atoms with E-state index in [1.807, 2.05) is 30.3 Å². The largest absolute Gasteiger partial charge is 0.457 e. The summed E-state index contributed by atoms with van der Waals surface area (Å²) in [6.07, 6.45) is 0.426. The maximum absolute atomic E-state index is 12.1. The molecular weight excluding hydrogens is 418 g/mol. The van der Waals surface area contributed by atoms with Crippen molar-refractivity contribution in [2.75, 3.05) is 11.9 Å². The molecule has 0 fully saturated rings. The molecule has 0 unspecified atom stereocenters. The van der Waals surface area contributed by atoms with Gasteiger partial charge in [0.1, 0.15) is 11.5 Å². The number of nitrogens with one attached hydrogen (secondary N) is 2. The van der Waals surface area contributed by atoms with Crippen LogP contribution >= 0.6 is 0 Å². The highest BCUT2D eigenvalue weighted by Crippen LogP contribution is 2.22. The summed E-state index contributed by atoms with van der Waals surface area (Å²) in [5, 5.41) is 10.1. The van der Waals surface area contributed by atoms with E-state index in [2.05, 4.69) is 10.6 Å². The van der Waals surface area contributed by atoms with Gasteiger partial charge in [-0.1, -0.05) is 30.3 Å². The Morgan fingerprint density at radius 3 is 2.03 bits per heavy atom. The number of rotatable bonds is 7. The van der Waals surface area contributed by atoms with Crippen molar-refractivity contribution in [3.05, 3.63) is 84.4 Å². The van der Waals surface area contributed by atoms with E-state index in [0.29, 0.717) is 23.6 Å². The summed E-state index contributed by atoms with van der Waals surface area (Å²) in [6, 6.07) is 21.9. The minimum absolute atomic E-state index is 0.0138. The first kappa shape index (κ1) is 22.0. The van der Waals surface area contributed by atoms with Crippen molar-refractivity contribution < 1.29 is 22.7 Å². The van der Waals surface area contributed by atoms with E-state index < -0.39 is 21.8 Å². The van der Waals surface area contributed by atoms with Gasteiger partial charge in [-0.15, -0.1) is 0 Å². The number of primary sulfonamides is 1. The number of nitrogens with two attached hydrogens (primary N) is 1. The molecule has 8 nitrogen and oxygen atoms in total. The van der Waals surface area contributed by atoms with Gasteiger partial charge in [-0.05, 0) is 60.5 Å². The number of carbonyl (C=O) groups is 2. The van der Waals surface area contributed by atoms with Gasteiger partial charge in [0.25, 0.3) is 0 Å². The molecule has 0 aliphatic heterocycles. The molecule has 9 heteroatoms. The summed E-state index contributed by atoms with van der Waals surface area (Å²) >= 11 is 0. The van der Waals surface area contributed by atoms with Crippen molar-refractivity contribution >= 4 is 27.5 Å². The molecule has 0 atom stereocenters. The van der Waals surface area contributed by atoms with E-state index >= 15 is 0 Å². The average molecular weight is 439 g/mol. The molecule has 160 valence electrons. The van der Waals surface area contributed by atoms with Crippen molar-refractivity contribution in [1.29, 1.82) is 0 Å². The van der Waals surface area contributed by atoms with Crippen LogP contribution in [0.15, 0.2) is 83.8 Å². The third-order valence-electron chi connectivity index (χ3n) is 4.25. The number of hydrogen-bond acceptors (Lipinski definition) is 5. The third-order valence-corrected chi connectivity index (χ3v) is 5.18. The minimum Gasteiger partial charge on any atom is -0.457 e. The van der Waals surface area contributed by atoms with Gasteiger partial charge in [0, 0.05) is 12.2 Å². The van der Waals surface area contributed by atoms with E-state index in [4.69, 9.17) is 9.88 Å². The van der Waals surface area contributed by atoms with Gasteiger partial charge in [-0.2, -0.15) is 0 Å². The molecule has 0 aliphatic carbocycles. The number of ether oxygens (including phenoxy) is 1.